The minimum Gasteiger partial charge on any atom is -0.496 e. The molecule has 1 saturated carbocycles. The molecule has 0 aromatic heterocycles. The van der Waals surface area contributed by atoms with Crippen LogP contribution in [-0.2, 0) is 4.79 Å². The third-order valence-electron chi connectivity index (χ3n) is 4.56. The number of aryl methyl sites for hydroxylation is 1. The highest BCUT2D eigenvalue weighted by atomic mass is 16.5. The molecule has 0 atom stereocenters. The molecule has 120 valence electrons. The Labute approximate surface area is 130 Å². The van der Waals surface area contributed by atoms with Crippen LogP contribution < -0.4 is 10.1 Å². The topological polar surface area (TPSA) is 75.6 Å². The maximum absolute atomic E-state index is 12.5. The number of carbonyl (C=O) groups excluding carboxylic acids is 1. The largest absolute Gasteiger partial charge is 0.496 e. The summed E-state index contributed by atoms with van der Waals surface area (Å²) in [4.78, 5) is 24.1. The van der Waals surface area contributed by atoms with Gasteiger partial charge < -0.3 is 15.2 Å². The highest BCUT2D eigenvalue weighted by Crippen LogP contribution is 2.32. The number of amides is 1. The molecule has 0 saturated heterocycles. The van der Waals surface area contributed by atoms with Gasteiger partial charge in [0, 0.05) is 5.56 Å². The molecule has 1 aliphatic rings. The molecule has 0 heterocycles. The molecule has 1 aromatic carbocycles. The van der Waals surface area contributed by atoms with Crippen molar-refractivity contribution in [2.45, 2.75) is 45.1 Å². The maximum atomic E-state index is 12.5. The summed E-state index contributed by atoms with van der Waals surface area (Å²) in [5, 5.41) is 12.3. The van der Waals surface area contributed by atoms with Crippen molar-refractivity contribution >= 4 is 11.9 Å². The van der Waals surface area contributed by atoms with Crippen LogP contribution in [0, 0.1) is 12.8 Å². The van der Waals surface area contributed by atoms with Crippen molar-refractivity contribution < 1.29 is 19.4 Å². The van der Waals surface area contributed by atoms with E-state index in [0.29, 0.717) is 30.1 Å². The molecule has 0 bridgehead atoms. The third kappa shape index (κ3) is 3.24. The summed E-state index contributed by atoms with van der Waals surface area (Å²) in [6.45, 7) is 4.00. The Hall–Kier alpha value is -2.04. The standard InChI is InChI=1S/C17H23NO4/c1-11-6-8-17(9-7-11,16(20)21)18-15(19)13-5-4-12(2)14(10-13)22-3/h4-5,10-11H,6-9H2,1-3H3,(H,18,19)(H,20,21). The summed E-state index contributed by atoms with van der Waals surface area (Å²) < 4.78 is 5.22. The van der Waals surface area contributed by atoms with Gasteiger partial charge in [-0.3, -0.25) is 4.79 Å². The Morgan fingerprint density at radius 1 is 1.32 bits per heavy atom. The van der Waals surface area contributed by atoms with E-state index in [1.807, 2.05) is 6.92 Å². The average molecular weight is 305 g/mol. The second kappa shape index (κ2) is 6.38. The van der Waals surface area contributed by atoms with E-state index in [4.69, 9.17) is 4.74 Å². The highest BCUT2D eigenvalue weighted by molar-refractivity contribution is 5.98. The van der Waals surface area contributed by atoms with Gasteiger partial charge in [0.1, 0.15) is 11.3 Å². The summed E-state index contributed by atoms with van der Waals surface area (Å²) in [7, 11) is 1.55. The lowest BCUT2D eigenvalue weighted by Crippen LogP contribution is -2.56. The van der Waals surface area contributed by atoms with Gasteiger partial charge in [-0.25, -0.2) is 4.79 Å². The number of ether oxygens (including phenoxy) is 1. The molecular formula is C17H23NO4. The molecule has 5 heteroatoms. The number of nitrogens with one attached hydrogen (secondary N) is 1. The number of methoxy groups -OCH3 is 1. The number of hydrogen-bond donors (Lipinski definition) is 2. The average Bonchev–Trinajstić information content (AvgIpc) is 2.50. The first kappa shape index (κ1) is 16.3. The van der Waals surface area contributed by atoms with Gasteiger partial charge in [0.15, 0.2) is 0 Å². The molecule has 1 aromatic rings. The first-order chi connectivity index (χ1) is 10.4. The van der Waals surface area contributed by atoms with Crippen LogP contribution in [0.4, 0.5) is 0 Å². The van der Waals surface area contributed by atoms with E-state index < -0.39 is 11.5 Å². The van der Waals surface area contributed by atoms with Crippen LogP contribution in [0.5, 0.6) is 5.75 Å². The minimum absolute atomic E-state index is 0.366. The number of carbonyl (C=O) groups is 2. The monoisotopic (exact) mass is 305 g/mol. The second-order valence-corrected chi connectivity index (χ2v) is 6.21. The number of carboxylic acid groups (broad SMARTS) is 1. The van der Waals surface area contributed by atoms with Crippen molar-refractivity contribution in [3.05, 3.63) is 29.3 Å². The highest BCUT2D eigenvalue weighted by Gasteiger charge is 2.42. The quantitative estimate of drug-likeness (QED) is 0.897. The van der Waals surface area contributed by atoms with Crippen molar-refractivity contribution in [1.29, 1.82) is 0 Å². The van der Waals surface area contributed by atoms with Gasteiger partial charge >= 0.3 is 5.97 Å². The number of benzene rings is 1. The van der Waals surface area contributed by atoms with Gasteiger partial charge in [0.2, 0.25) is 0 Å². The van der Waals surface area contributed by atoms with E-state index in [-0.39, 0.29) is 5.91 Å². The molecule has 5 nitrogen and oxygen atoms in total. The molecule has 0 spiro atoms. The van der Waals surface area contributed by atoms with Gasteiger partial charge in [0.25, 0.3) is 5.91 Å². The second-order valence-electron chi connectivity index (χ2n) is 6.21. The van der Waals surface area contributed by atoms with Gasteiger partial charge in [-0.2, -0.15) is 0 Å². The van der Waals surface area contributed by atoms with Crippen molar-refractivity contribution in [3.8, 4) is 5.75 Å². The van der Waals surface area contributed by atoms with E-state index in [1.54, 1.807) is 25.3 Å². The van der Waals surface area contributed by atoms with E-state index in [1.165, 1.54) is 0 Å². The predicted octanol–water partition coefficient (Wildman–Crippen LogP) is 2.77. The Morgan fingerprint density at radius 2 is 1.95 bits per heavy atom. The zero-order chi connectivity index (χ0) is 16.3. The van der Waals surface area contributed by atoms with Crippen molar-refractivity contribution in [2.24, 2.45) is 5.92 Å². The van der Waals surface area contributed by atoms with Crippen LogP contribution >= 0.6 is 0 Å². The van der Waals surface area contributed by atoms with Crippen molar-refractivity contribution in [1.82, 2.24) is 5.32 Å². The smallest absolute Gasteiger partial charge is 0.329 e. The molecule has 0 aliphatic heterocycles. The van der Waals surface area contributed by atoms with Crippen LogP contribution in [-0.4, -0.2) is 29.6 Å². The molecule has 1 fully saturated rings. The van der Waals surface area contributed by atoms with Gasteiger partial charge in [-0.15, -0.1) is 0 Å². The van der Waals surface area contributed by atoms with Crippen molar-refractivity contribution in [3.63, 3.8) is 0 Å². The minimum atomic E-state index is -1.15. The van der Waals surface area contributed by atoms with Crippen LogP contribution in [0.2, 0.25) is 0 Å². The van der Waals surface area contributed by atoms with Crippen LogP contribution in [0.25, 0.3) is 0 Å². The van der Waals surface area contributed by atoms with E-state index in [9.17, 15) is 14.7 Å². The van der Waals surface area contributed by atoms with E-state index >= 15 is 0 Å². The molecule has 1 amide bonds. The Kier molecular flexibility index (Phi) is 4.74. The number of aliphatic carboxylic acids is 1. The van der Waals surface area contributed by atoms with E-state index in [2.05, 4.69) is 12.2 Å². The SMILES string of the molecule is COc1cc(C(=O)NC2(C(=O)O)CCC(C)CC2)ccc1C. The lowest BCUT2D eigenvalue weighted by molar-refractivity contribution is -0.146. The molecule has 2 rings (SSSR count). The molecule has 22 heavy (non-hydrogen) atoms. The van der Waals surface area contributed by atoms with Crippen LogP contribution in [0.1, 0.15) is 48.5 Å². The Morgan fingerprint density at radius 3 is 2.50 bits per heavy atom. The molecular weight excluding hydrogens is 282 g/mol. The normalized spacial score (nSPS) is 24.6. The number of hydrogen-bond acceptors (Lipinski definition) is 3. The van der Waals surface area contributed by atoms with Gasteiger partial charge in [-0.1, -0.05) is 13.0 Å². The molecule has 0 unspecified atom stereocenters. The zero-order valence-electron chi connectivity index (χ0n) is 13.3. The summed E-state index contributed by atoms with van der Waals surface area (Å²) in [6, 6.07) is 5.13. The lowest BCUT2D eigenvalue weighted by atomic mass is 9.77. The Bertz CT molecular complexity index is 574. The number of rotatable bonds is 4. The zero-order valence-corrected chi connectivity index (χ0v) is 13.3. The van der Waals surface area contributed by atoms with Crippen LogP contribution in [0.3, 0.4) is 0 Å². The summed E-state index contributed by atoms with van der Waals surface area (Å²) in [5.41, 5.74) is 0.196. The maximum Gasteiger partial charge on any atom is 0.329 e. The van der Waals surface area contributed by atoms with Crippen LogP contribution in [0.15, 0.2) is 18.2 Å². The number of carboxylic acids is 1. The first-order valence-corrected chi connectivity index (χ1v) is 7.58. The molecule has 1 aliphatic carbocycles. The molecule has 2 N–H and O–H groups in total. The first-order valence-electron chi connectivity index (χ1n) is 7.58. The van der Waals surface area contributed by atoms with Gasteiger partial charge in [0.05, 0.1) is 7.11 Å². The van der Waals surface area contributed by atoms with Gasteiger partial charge in [-0.05, 0) is 56.2 Å². The van der Waals surface area contributed by atoms with Crippen molar-refractivity contribution in [2.75, 3.05) is 7.11 Å². The summed E-state index contributed by atoms with van der Waals surface area (Å²) in [5.74, 6) is -0.194. The predicted molar refractivity (Wildman–Crippen MR) is 83.2 cm³/mol. The fraction of sp³-hybridized carbons (Fsp3) is 0.529. The summed E-state index contributed by atoms with van der Waals surface area (Å²) >= 11 is 0. The van der Waals surface area contributed by atoms with E-state index in [0.717, 1.165) is 18.4 Å². The Balaban J connectivity index is 2.20. The fourth-order valence-corrected chi connectivity index (χ4v) is 2.90. The summed E-state index contributed by atoms with van der Waals surface area (Å²) in [6.07, 6.45) is 2.56. The lowest BCUT2D eigenvalue weighted by Gasteiger charge is -2.36. The fourth-order valence-electron chi connectivity index (χ4n) is 2.90. The molecule has 0 radical (unpaired) electrons. The third-order valence-corrected chi connectivity index (χ3v) is 4.56.